The minimum absolute atomic E-state index is 0.270. The fraction of sp³-hybridized carbons (Fsp3) is 0.167. The molecule has 0 unspecified atom stereocenters. The van der Waals surface area contributed by atoms with Crippen LogP contribution in [0.3, 0.4) is 0 Å². The van der Waals surface area contributed by atoms with E-state index in [1.54, 1.807) is 19.1 Å². The van der Waals surface area contributed by atoms with Gasteiger partial charge in [-0.2, -0.15) is 0 Å². The number of methoxy groups -OCH3 is 1. The van der Waals surface area contributed by atoms with Gasteiger partial charge in [-0.15, -0.1) is 0 Å². The molecule has 0 aliphatic carbocycles. The van der Waals surface area contributed by atoms with Crippen molar-refractivity contribution in [1.82, 2.24) is 9.97 Å². The van der Waals surface area contributed by atoms with Gasteiger partial charge in [0.1, 0.15) is 29.0 Å². The molecule has 0 aliphatic heterocycles. The van der Waals surface area contributed by atoms with E-state index in [0.717, 1.165) is 0 Å². The van der Waals surface area contributed by atoms with Crippen molar-refractivity contribution in [2.45, 2.75) is 6.92 Å². The van der Waals surface area contributed by atoms with Crippen molar-refractivity contribution in [3.63, 3.8) is 0 Å². The minimum atomic E-state index is -0.398. The summed E-state index contributed by atoms with van der Waals surface area (Å²) >= 11 is 0. The van der Waals surface area contributed by atoms with Gasteiger partial charge >= 0.3 is 0 Å². The third kappa shape index (κ3) is 2.65. The lowest BCUT2D eigenvalue weighted by atomic mass is 10.3. The summed E-state index contributed by atoms with van der Waals surface area (Å²) in [4.78, 5) is 8.06. The molecule has 0 saturated carbocycles. The number of hydrogen-bond donors (Lipinski definition) is 2. The highest BCUT2D eigenvalue weighted by Crippen LogP contribution is 2.24. The van der Waals surface area contributed by atoms with Crippen molar-refractivity contribution in [2.75, 3.05) is 18.2 Å². The van der Waals surface area contributed by atoms with E-state index in [-0.39, 0.29) is 5.69 Å². The SMILES string of the molecule is COc1ccc(F)c(Nc2cc(N)nc(C)n2)c1. The van der Waals surface area contributed by atoms with Crippen LogP contribution in [0.4, 0.5) is 21.7 Å². The first-order valence-electron chi connectivity index (χ1n) is 5.30. The summed E-state index contributed by atoms with van der Waals surface area (Å²) in [5.41, 5.74) is 5.87. The first kappa shape index (κ1) is 12.1. The number of nitrogen functional groups attached to an aromatic ring is 1. The number of nitrogens with one attached hydrogen (secondary N) is 1. The summed E-state index contributed by atoms with van der Waals surface area (Å²) in [6.45, 7) is 1.71. The van der Waals surface area contributed by atoms with Gasteiger partial charge in [0.05, 0.1) is 12.8 Å². The predicted molar refractivity (Wildman–Crippen MR) is 67.4 cm³/mol. The Morgan fingerprint density at radius 2 is 2.06 bits per heavy atom. The van der Waals surface area contributed by atoms with Crippen molar-refractivity contribution in [2.24, 2.45) is 0 Å². The summed E-state index contributed by atoms with van der Waals surface area (Å²) in [6, 6.07) is 5.94. The summed E-state index contributed by atoms with van der Waals surface area (Å²) < 4.78 is 18.6. The minimum Gasteiger partial charge on any atom is -0.497 e. The van der Waals surface area contributed by atoms with Crippen LogP contribution in [0.1, 0.15) is 5.82 Å². The molecule has 0 amide bonds. The molecule has 0 saturated heterocycles. The van der Waals surface area contributed by atoms with E-state index in [2.05, 4.69) is 15.3 Å². The Hall–Kier alpha value is -2.37. The number of nitrogens with zero attached hydrogens (tertiary/aromatic N) is 2. The van der Waals surface area contributed by atoms with E-state index < -0.39 is 5.82 Å². The number of aryl methyl sites for hydroxylation is 1. The molecule has 6 heteroatoms. The summed E-state index contributed by atoms with van der Waals surface area (Å²) in [6.07, 6.45) is 0. The van der Waals surface area contributed by atoms with E-state index in [1.165, 1.54) is 19.2 Å². The number of benzene rings is 1. The molecule has 0 spiro atoms. The van der Waals surface area contributed by atoms with E-state index in [4.69, 9.17) is 10.5 Å². The van der Waals surface area contributed by atoms with Crippen molar-refractivity contribution in [3.05, 3.63) is 35.9 Å². The topological polar surface area (TPSA) is 73.1 Å². The first-order valence-corrected chi connectivity index (χ1v) is 5.30. The molecule has 1 heterocycles. The Bertz CT molecular complexity index is 554. The lowest BCUT2D eigenvalue weighted by molar-refractivity contribution is 0.414. The second-order valence-electron chi connectivity index (χ2n) is 3.70. The van der Waals surface area contributed by atoms with Gasteiger partial charge < -0.3 is 15.8 Å². The number of rotatable bonds is 3. The van der Waals surface area contributed by atoms with Gasteiger partial charge in [-0.25, -0.2) is 14.4 Å². The molecule has 5 nitrogen and oxygen atoms in total. The highest BCUT2D eigenvalue weighted by Gasteiger charge is 2.06. The number of anilines is 3. The fourth-order valence-electron chi connectivity index (χ4n) is 1.52. The van der Waals surface area contributed by atoms with Crippen LogP contribution in [-0.4, -0.2) is 17.1 Å². The molecule has 1 aromatic carbocycles. The van der Waals surface area contributed by atoms with E-state index in [0.29, 0.717) is 23.2 Å². The highest BCUT2D eigenvalue weighted by atomic mass is 19.1. The molecule has 0 bridgehead atoms. The third-order valence-corrected chi connectivity index (χ3v) is 2.29. The monoisotopic (exact) mass is 248 g/mol. The van der Waals surface area contributed by atoms with Crippen LogP contribution < -0.4 is 15.8 Å². The molecule has 3 N–H and O–H groups in total. The Morgan fingerprint density at radius 3 is 2.72 bits per heavy atom. The Kier molecular flexibility index (Phi) is 3.27. The van der Waals surface area contributed by atoms with Crippen LogP contribution in [0.25, 0.3) is 0 Å². The molecule has 1 aromatic heterocycles. The Morgan fingerprint density at radius 1 is 1.28 bits per heavy atom. The second-order valence-corrected chi connectivity index (χ2v) is 3.70. The Balaban J connectivity index is 2.33. The van der Waals surface area contributed by atoms with Crippen molar-refractivity contribution < 1.29 is 9.13 Å². The molecule has 0 aliphatic rings. The molecular formula is C12H13FN4O. The van der Waals surface area contributed by atoms with Crippen molar-refractivity contribution in [1.29, 1.82) is 0 Å². The zero-order chi connectivity index (χ0) is 13.1. The van der Waals surface area contributed by atoms with Crippen molar-refractivity contribution in [3.8, 4) is 5.75 Å². The Labute approximate surface area is 104 Å². The van der Waals surface area contributed by atoms with Gasteiger partial charge in [0.2, 0.25) is 0 Å². The average Bonchev–Trinajstić information content (AvgIpc) is 2.30. The quantitative estimate of drug-likeness (QED) is 0.871. The van der Waals surface area contributed by atoms with Gasteiger partial charge in [0, 0.05) is 12.1 Å². The second kappa shape index (κ2) is 4.87. The van der Waals surface area contributed by atoms with Gasteiger partial charge in [-0.1, -0.05) is 0 Å². The number of halogens is 1. The maximum atomic E-state index is 13.6. The molecule has 2 aromatic rings. The van der Waals surface area contributed by atoms with Crippen LogP contribution in [-0.2, 0) is 0 Å². The van der Waals surface area contributed by atoms with Gasteiger partial charge in [0.15, 0.2) is 0 Å². The molecule has 2 rings (SSSR count). The van der Waals surface area contributed by atoms with Gasteiger partial charge in [-0.05, 0) is 19.1 Å². The van der Waals surface area contributed by atoms with Crippen LogP contribution in [0.5, 0.6) is 5.75 Å². The smallest absolute Gasteiger partial charge is 0.146 e. The van der Waals surface area contributed by atoms with E-state index in [1.807, 2.05) is 0 Å². The predicted octanol–water partition coefficient (Wildman–Crippen LogP) is 2.26. The number of nitrogens with two attached hydrogens (primary N) is 1. The highest BCUT2D eigenvalue weighted by molar-refractivity contribution is 5.60. The maximum Gasteiger partial charge on any atom is 0.146 e. The summed E-state index contributed by atoms with van der Waals surface area (Å²) in [5.74, 6) is 1.43. The number of hydrogen-bond acceptors (Lipinski definition) is 5. The fourth-order valence-corrected chi connectivity index (χ4v) is 1.52. The zero-order valence-corrected chi connectivity index (χ0v) is 10.1. The number of aromatic nitrogens is 2. The summed E-state index contributed by atoms with van der Waals surface area (Å²) in [5, 5.41) is 2.84. The maximum absolute atomic E-state index is 13.6. The lowest BCUT2D eigenvalue weighted by Gasteiger charge is -2.09. The van der Waals surface area contributed by atoms with Crippen LogP contribution in [0, 0.1) is 12.7 Å². The van der Waals surface area contributed by atoms with Crippen molar-refractivity contribution >= 4 is 17.3 Å². The molecule has 94 valence electrons. The molecular weight excluding hydrogens is 235 g/mol. The summed E-state index contributed by atoms with van der Waals surface area (Å²) in [7, 11) is 1.52. The standard InChI is InChI=1S/C12H13FN4O/c1-7-15-11(14)6-12(16-7)17-10-5-8(18-2)3-4-9(10)13/h3-6H,1-2H3,(H3,14,15,16,17). The molecule has 0 atom stereocenters. The van der Waals surface area contributed by atoms with Gasteiger partial charge in [0.25, 0.3) is 0 Å². The zero-order valence-electron chi connectivity index (χ0n) is 10.1. The average molecular weight is 248 g/mol. The largest absolute Gasteiger partial charge is 0.497 e. The molecule has 0 radical (unpaired) electrons. The van der Waals surface area contributed by atoms with Gasteiger partial charge in [-0.3, -0.25) is 0 Å². The van der Waals surface area contributed by atoms with Crippen LogP contribution in [0.2, 0.25) is 0 Å². The van der Waals surface area contributed by atoms with Crippen LogP contribution in [0.15, 0.2) is 24.3 Å². The third-order valence-electron chi connectivity index (χ3n) is 2.29. The first-order chi connectivity index (χ1) is 8.58. The van der Waals surface area contributed by atoms with Crippen LogP contribution >= 0.6 is 0 Å². The lowest BCUT2D eigenvalue weighted by Crippen LogP contribution is -2.02. The normalized spacial score (nSPS) is 10.2. The number of ether oxygens (including phenoxy) is 1. The molecule has 0 fully saturated rings. The molecule has 18 heavy (non-hydrogen) atoms. The van der Waals surface area contributed by atoms with E-state index in [9.17, 15) is 4.39 Å². The van der Waals surface area contributed by atoms with E-state index >= 15 is 0 Å².